The van der Waals surface area contributed by atoms with Gasteiger partial charge in [-0.3, -0.25) is 0 Å². The van der Waals surface area contributed by atoms with Gasteiger partial charge >= 0.3 is 6.01 Å². The first kappa shape index (κ1) is 12.3. The minimum atomic E-state index is 0.0937. The molecule has 0 bridgehead atoms. The molecule has 96 valence electrons. The van der Waals surface area contributed by atoms with Crippen molar-refractivity contribution in [3.63, 3.8) is 0 Å². The van der Waals surface area contributed by atoms with Gasteiger partial charge in [0.2, 0.25) is 5.89 Å². The standard InChI is InChI=1S/C11H20N4O2/c1-4-12-7(2)10-14-15-11(17-10)13-8-5-9(6-8)16-3/h7-9,12H,4-6H2,1-3H3,(H,13,15). The summed E-state index contributed by atoms with van der Waals surface area (Å²) in [6.07, 6.45) is 2.36. The Labute approximate surface area is 101 Å². The normalized spacial score (nSPS) is 25.4. The summed E-state index contributed by atoms with van der Waals surface area (Å²) < 4.78 is 10.7. The summed E-state index contributed by atoms with van der Waals surface area (Å²) in [6.45, 7) is 4.93. The second-order valence-corrected chi connectivity index (χ2v) is 4.40. The van der Waals surface area contributed by atoms with Gasteiger partial charge in [0.1, 0.15) is 0 Å². The molecule has 6 heteroatoms. The fourth-order valence-corrected chi connectivity index (χ4v) is 1.91. The van der Waals surface area contributed by atoms with Gasteiger partial charge in [0.25, 0.3) is 0 Å². The SMILES string of the molecule is CCNC(C)c1nnc(NC2CC(OC)C2)o1. The lowest BCUT2D eigenvalue weighted by atomic mass is 9.89. The second kappa shape index (κ2) is 5.46. The van der Waals surface area contributed by atoms with Gasteiger partial charge in [-0.05, 0) is 26.3 Å². The minimum absolute atomic E-state index is 0.0937. The van der Waals surface area contributed by atoms with Crippen molar-refractivity contribution < 1.29 is 9.15 Å². The van der Waals surface area contributed by atoms with Crippen LogP contribution >= 0.6 is 0 Å². The predicted molar refractivity (Wildman–Crippen MR) is 63.8 cm³/mol. The molecule has 0 spiro atoms. The molecule has 1 aliphatic carbocycles. The molecule has 0 saturated heterocycles. The highest BCUT2D eigenvalue weighted by Gasteiger charge is 2.30. The molecular formula is C11H20N4O2. The maximum absolute atomic E-state index is 5.54. The van der Waals surface area contributed by atoms with Crippen molar-refractivity contribution >= 4 is 6.01 Å². The highest BCUT2D eigenvalue weighted by molar-refractivity contribution is 5.22. The Hall–Kier alpha value is -1.14. The third-order valence-electron chi connectivity index (χ3n) is 3.08. The van der Waals surface area contributed by atoms with Crippen LogP contribution in [0.1, 0.15) is 38.6 Å². The molecule has 0 radical (unpaired) electrons. The van der Waals surface area contributed by atoms with Crippen LogP contribution in [-0.4, -0.2) is 36.0 Å². The molecule has 1 aromatic rings. The summed E-state index contributed by atoms with van der Waals surface area (Å²) in [5.74, 6) is 0.622. The van der Waals surface area contributed by atoms with Gasteiger partial charge in [0.05, 0.1) is 12.1 Å². The average molecular weight is 240 g/mol. The van der Waals surface area contributed by atoms with Crippen molar-refractivity contribution in [2.75, 3.05) is 19.0 Å². The lowest BCUT2D eigenvalue weighted by Crippen LogP contribution is -2.40. The van der Waals surface area contributed by atoms with Crippen molar-refractivity contribution in [2.24, 2.45) is 0 Å². The van der Waals surface area contributed by atoms with Gasteiger partial charge in [-0.15, -0.1) is 5.10 Å². The van der Waals surface area contributed by atoms with E-state index in [4.69, 9.17) is 9.15 Å². The summed E-state index contributed by atoms with van der Waals surface area (Å²) in [6, 6.07) is 0.989. The molecule has 17 heavy (non-hydrogen) atoms. The van der Waals surface area contributed by atoms with Gasteiger partial charge in [-0.25, -0.2) is 0 Å². The van der Waals surface area contributed by atoms with E-state index in [1.165, 1.54) is 0 Å². The molecule has 2 rings (SSSR count). The average Bonchev–Trinajstić information content (AvgIpc) is 2.71. The fraction of sp³-hybridized carbons (Fsp3) is 0.818. The fourth-order valence-electron chi connectivity index (χ4n) is 1.91. The molecule has 1 atom stereocenters. The third kappa shape index (κ3) is 2.95. The van der Waals surface area contributed by atoms with Gasteiger partial charge in [-0.2, -0.15) is 0 Å². The number of rotatable bonds is 6. The van der Waals surface area contributed by atoms with Crippen molar-refractivity contribution in [1.82, 2.24) is 15.5 Å². The molecule has 6 nitrogen and oxygen atoms in total. The summed E-state index contributed by atoms with van der Waals surface area (Å²) in [7, 11) is 1.74. The molecule has 0 aliphatic heterocycles. The van der Waals surface area contributed by atoms with Crippen LogP contribution in [0.4, 0.5) is 6.01 Å². The third-order valence-corrected chi connectivity index (χ3v) is 3.08. The Morgan fingerprint density at radius 3 is 2.88 bits per heavy atom. The molecule has 0 amide bonds. The lowest BCUT2D eigenvalue weighted by molar-refractivity contribution is 0.0323. The zero-order valence-electron chi connectivity index (χ0n) is 10.6. The first-order chi connectivity index (χ1) is 8.22. The predicted octanol–water partition coefficient (Wildman–Crippen LogP) is 1.33. The van der Waals surface area contributed by atoms with Gasteiger partial charge < -0.3 is 19.8 Å². The Kier molecular flexibility index (Phi) is 3.96. The van der Waals surface area contributed by atoms with E-state index < -0.39 is 0 Å². The topological polar surface area (TPSA) is 72.2 Å². The Morgan fingerprint density at radius 1 is 1.47 bits per heavy atom. The van der Waals surface area contributed by atoms with Crippen LogP contribution in [0.5, 0.6) is 0 Å². The molecule has 1 aliphatic rings. The van der Waals surface area contributed by atoms with E-state index in [0.29, 0.717) is 24.1 Å². The Bertz CT molecular complexity index is 349. The van der Waals surface area contributed by atoms with E-state index in [1.54, 1.807) is 7.11 Å². The van der Waals surface area contributed by atoms with Gasteiger partial charge in [0, 0.05) is 13.2 Å². The summed E-state index contributed by atoms with van der Waals surface area (Å²) in [5.41, 5.74) is 0. The summed E-state index contributed by atoms with van der Waals surface area (Å²) in [4.78, 5) is 0. The smallest absolute Gasteiger partial charge is 0.315 e. The molecule has 2 N–H and O–H groups in total. The van der Waals surface area contributed by atoms with Crippen LogP contribution in [0.3, 0.4) is 0 Å². The van der Waals surface area contributed by atoms with Gasteiger partial charge in [-0.1, -0.05) is 12.0 Å². The highest BCUT2D eigenvalue weighted by Crippen LogP contribution is 2.26. The molecule has 1 heterocycles. The van der Waals surface area contributed by atoms with Gasteiger partial charge in [0.15, 0.2) is 0 Å². The Balaban J connectivity index is 1.82. The number of nitrogens with one attached hydrogen (secondary N) is 2. The number of hydrogen-bond acceptors (Lipinski definition) is 6. The van der Waals surface area contributed by atoms with Crippen molar-refractivity contribution in [3.05, 3.63) is 5.89 Å². The quantitative estimate of drug-likeness (QED) is 0.781. The monoisotopic (exact) mass is 240 g/mol. The number of aromatic nitrogens is 2. The van der Waals surface area contributed by atoms with Crippen LogP contribution in [0.2, 0.25) is 0 Å². The molecule has 1 aromatic heterocycles. The first-order valence-corrected chi connectivity index (χ1v) is 6.09. The maximum atomic E-state index is 5.54. The van der Waals surface area contributed by atoms with Crippen LogP contribution in [0.15, 0.2) is 4.42 Å². The largest absolute Gasteiger partial charge is 0.406 e. The summed E-state index contributed by atoms with van der Waals surface area (Å²) >= 11 is 0. The number of methoxy groups -OCH3 is 1. The zero-order valence-corrected chi connectivity index (χ0v) is 10.6. The number of nitrogens with zero attached hydrogens (tertiary/aromatic N) is 2. The molecule has 0 aromatic carbocycles. The maximum Gasteiger partial charge on any atom is 0.315 e. The molecule has 1 fully saturated rings. The van der Waals surface area contributed by atoms with Crippen molar-refractivity contribution in [3.8, 4) is 0 Å². The number of hydrogen-bond donors (Lipinski definition) is 2. The molecule has 1 saturated carbocycles. The van der Waals surface area contributed by atoms with Crippen LogP contribution in [0.25, 0.3) is 0 Å². The van der Waals surface area contributed by atoms with E-state index in [0.717, 1.165) is 19.4 Å². The van der Waals surface area contributed by atoms with Crippen LogP contribution in [0, 0.1) is 0 Å². The van der Waals surface area contributed by atoms with E-state index in [2.05, 4.69) is 20.8 Å². The summed E-state index contributed by atoms with van der Waals surface area (Å²) in [5, 5.41) is 14.4. The van der Waals surface area contributed by atoms with E-state index in [1.807, 2.05) is 13.8 Å². The van der Waals surface area contributed by atoms with Crippen molar-refractivity contribution in [1.29, 1.82) is 0 Å². The highest BCUT2D eigenvalue weighted by atomic mass is 16.5. The van der Waals surface area contributed by atoms with Crippen molar-refractivity contribution in [2.45, 2.75) is 44.9 Å². The number of ether oxygens (including phenoxy) is 1. The second-order valence-electron chi connectivity index (χ2n) is 4.40. The molecule has 1 unspecified atom stereocenters. The van der Waals surface area contributed by atoms with E-state index in [-0.39, 0.29) is 6.04 Å². The minimum Gasteiger partial charge on any atom is -0.406 e. The van der Waals surface area contributed by atoms with Crippen LogP contribution < -0.4 is 10.6 Å². The number of anilines is 1. The van der Waals surface area contributed by atoms with Crippen LogP contribution in [-0.2, 0) is 4.74 Å². The van der Waals surface area contributed by atoms with E-state index >= 15 is 0 Å². The first-order valence-electron chi connectivity index (χ1n) is 6.09. The molecular weight excluding hydrogens is 220 g/mol. The Morgan fingerprint density at radius 2 is 2.24 bits per heavy atom. The zero-order chi connectivity index (χ0) is 12.3. The van der Waals surface area contributed by atoms with E-state index in [9.17, 15) is 0 Å². The lowest BCUT2D eigenvalue weighted by Gasteiger charge is -2.33.